The molecule has 0 aliphatic heterocycles. The number of hydrogen-bond donors (Lipinski definition) is 1. The number of alkyl halides is 2. The van der Waals surface area contributed by atoms with E-state index in [0.717, 1.165) is 13.5 Å². The molecule has 0 aromatic carbocycles. The van der Waals surface area contributed by atoms with Crippen molar-refractivity contribution in [2.75, 3.05) is 7.11 Å². The molecule has 1 N–H and O–H groups in total. The number of hydrogen-bond acceptors (Lipinski definition) is 1. The van der Waals surface area contributed by atoms with Crippen molar-refractivity contribution in [1.29, 1.82) is 0 Å². The Kier molecular flexibility index (Phi) is 19.4. The third kappa shape index (κ3) is 18.3. The van der Waals surface area contributed by atoms with Gasteiger partial charge in [-0.05, 0) is 6.42 Å². The van der Waals surface area contributed by atoms with Crippen molar-refractivity contribution >= 4 is 23.2 Å². The Bertz CT molecular complexity index is 87.4. The van der Waals surface area contributed by atoms with Crippen molar-refractivity contribution < 1.29 is 5.11 Å². The van der Waals surface area contributed by atoms with Crippen molar-refractivity contribution in [1.82, 2.24) is 0 Å². The van der Waals surface area contributed by atoms with Crippen LogP contribution in [0.15, 0.2) is 0 Å². The fraction of sp³-hybridized carbons (Fsp3) is 1.00. The zero-order valence-corrected chi connectivity index (χ0v) is 10.9. The second-order valence-corrected chi connectivity index (χ2v) is 4.58. The second-order valence-electron chi connectivity index (χ2n) is 3.30. The van der Waals surface area contributed by atoms with Gasteiger partial charge in [-0.2, -0.15) is 0 Å². The normalized spacial score (nSPS) is 9.86. The largest absolute Gasteiger partial charge is 0.400 e. The monoisotopic (exact) mass is 242 g/mol. The van der Waals surface area contributed by atoms with Gasteiger partial charge in [-0.25, -0.2) is 0 Å². The smallest absolute Gasteiger partial charge is 0.107 e. The van der Waals surface area contributed by atoms with Gasteiger partial charge in [0, 0.05) is 7.11 Å². The third-order valence-corrected chi connectivity index (χ3v) is 2.46. The van der Waals surface area contributed by atoms with Gasteiger partial charge in [0.2, 0.25) is 0 Å². The molecule has 0 unspecified atom stereocenters. The van der Waals surface area contributed by atoms with Crippen LogP contribution in [0.1, 0.15) is 58.3 Å². The van der Waals surface area contributed by atoms with Gasteiger partial charge in [0.25, 0.3) is 0 Å². The van der Waals surface area contributed by atoms with Crippen LogP contribution in [0, 0.1) is 0 Å². The fourth-order valence-corrected chi connectivity index (χ4v) is 1.56. The number of unbranched alkanes of at least 4 members (excludes halogenated alkanes) is 6. The first-order valence-corrected chi connectivity index (χ1v) is 6.37. The summed E-state index contributed by atoms with van der Waals surface area (Å²) in [6.45, 7) is 2.24. The molecule has 0 atom stereocenters. The molecule has 0 aliphatic rings. The quantitative estimate of drug-likeness (QED) is 0.490. The van der Waals surface area contributed by atoms with Gasteiger partial charge in [0.1, 0.15) is 4.84 Å². The molecule has 0 heterocycles. The maximum atomic E-state index is 7.00. The molecule has 0 aromatic heterocycles. The van der Waals surface area contributed by atoms with Crippen LogP contribution in [0.5, 0.6) is 0 Å². The molecular formula is C11H24Cl2O. The fourth-order valence-electron chi connectivity index (χ4n) is 1.26. The highest BCUT2D eigenvalue weighted by Crippen LogP contribution is 2.14. The van der Waals surface area contributed by atoms with E-state index in [1.54, 1.807) is 0 Å². The Morgan fingerprint density at radius 1 is 0.857 bits per heavy atom. The molecule has 0 aliphatic carbocycles. The van der Waals surface area contributed by atoms with Crippen LogP contribution in [-0.2, 0) is 0 Å². The van der Waals surface area contributed by atoms with Crippen molar-refractivity contribution in [2.45, 2.75) is 63.1 Å². The predicted molar refractivity (Wildman–Crippen MR) is 66.2 cm³/mol. The zero-order chi connectivity index (χ0) is 11.2. The lowest BCUT2D eigenvalue weighted by molar-refractivity contribution is 0.399. The highest BCUT2D eigenvalue weighted by Gasteiger charge is 1.97. The average molecular weight is 243 g/mol. The predicted octanol–water partition coefficient (Wildman–Crippen LogP) is 4.54. The maximum absolute atomic E-state index is 7.00. The van der Waals surface area contributed by atoms with E-state index in [0.29, 0.717) is 0 Å². The van der Waals surface area contributed by atoms with E-state index >= 15 is 0 Å². The van der Waals surface area contributed by atoms with Crippen molar-refractivity contribution in [2.24, 2.45) is 0 Å². The summed E-state index contributed by atoms with van der Waals surface area (Å²) in [5.41, 5.74) is 0. The molecule has 0 aromatic rings. The Labute approximate surface area is 98.8 Å². The molecule has 0 saturated heterocycles. The lowest BCUT2D eigenvalue weighted by Gasteiger charge is -2.01. The van der Waals surface area contributed by atoms with Crippen molar-refractivity contribution in [3.8, 4) is 0 Å². The number of rotatable bonds is 8. The summed E-state index contributed by atoms with van der Waals surface area (Å²) in [5, 5.41) is 7.00. The molecule has 0 bridgehead atoms. The Balaban J connectivity index is 0. The highest BCUT2D eigenvalue weighted by atomic mass is 35.5. The SMILES string of the molecule is CCCCCCCCCC(Cl)Cl.CO. The summed E-state index contributed by atoms with van der Waals surface area (Å²) < 4.78 is 0. The van der Waals surface area contributed by atoms with E-state index in [9.17, 15) is 0 Å². The zero-order valence-electron chi connectivity index (χ0n) is 9.44. The Morgan fingerprint density at radius 2 is 1.29 bits per heavy atom. The van der Waals surface area contributed by atoms with E-state index < -0.39 is 0 Å². The van der Waals surface area contributed by atoms with E-state index in [1.807, 2.05) is 0 Å². The minimum Gasteiger partial charge on any atom is -0.400 e. The minimum atomic E-state index is -0.152. The van der Waals surface area contributed by atoms with Gasteiger partial charge in [0.15, 0.2) is 0 Å². The van der Waals surface area contributed by atoms with Gasteiger partial charge in [-0.15, -0.1) is 23.2 Å². The van der Waals surface area contributed by atoms with E-state index in [2.05, 4.69) is 6.92 Å². The first-order chi connectivity index (χ1) is 6.77. The lowest BCUT2D eigenvalue weighted by atomic mass is 10.1. The summed E-state index contributed by atoms with van der Waals surface area (Å²) >= 11 is 11.2. The van der Waals surface area contributed by atoms with Crippen molar-refractivity contribution in [3.63, 3.8) is 0 Å². The van der Waals surface area contributed by atoms with Gasteiger partial charge < -0.3 is 5.11 Å². The van der Waals surface area contributed by atoms with Crippen LogP contribution in [0.4, 0.5) is 0 Å². The van der Waals surface area contributed by atoms with E-state index in [-0.39, 0.29) is 4.84 Å². The summed E-state index contributed by atoms with van der Waals surface area (Å²) in [6.07, 6.45) is 10.3. The molecule has 0 radical (unpaired) electrons. The van der Waals surface area contributed by atoms with Crippen molar-refractivity contribution in [3.05, 3.63) is 0 Å². The van der Waals surface area contributed by atoms with Crippen LogP contribution in [0.25, 0.3) is 0 Å². The van der Waals surface area contributed by atoms with Gasteiger partial charge in [-0.3, -0.25) is 0 Å². The molecule has 88 valence electrons. The number of halogens is 2. The molecule has 3 heteroatoms. The van der Waals surface area contributed by atoms with Gasteiger partial charge in [-0.1, -0.05) is 51.9 Å². The number of aliphatic hydroxyl groups excluding tert-OH is 1. The average Bonchev–Trinajstić information content (AvgIpc) is 2.19. The standard InChI is InChI=1S/C10H20Cl2.CH4O/c1-2-3-4-5-6-7-8-9-10(11)12;1-2/h10H,2-9H2,1H3;2H,1H3. The van der Waals surface area contributed by atoms with Gasteiger partial charge in [0.05, 0.1) is 0 Å². The first-order valence-electron chi connectivity index (χ1n) is 5.50. The molecule has 0 fully saturated rings. The summed E-state index contributed by atoms with van der Waals surface area (Å²) in [5.74, 6) is 0. The Hall–Kier alpha value is 0.540. The maximum Gasteiger partial charge on any atom is 0.107 e. The highest BCUT2D eigenvalue weighted by molar-refractivity contribution is 6.44. The Morgan fingerprint density at radius 3 is 1.71 bits per heavy atom. The first kappa shape index (κ1) is 17.0. The molecular weight excluding hydrogens is 219 g/mol. The molecule has 1 nitrogen and oxygen atoms in total. The van der Waals surface area contributed by atoms with E-state index in [4.69, 9.17) is 28.3 Å². The minimum absolute atomic E-state index is 0.152. The lowest BCUT2D eigenvalue weighted by Crippen LogP contribution is -1.86. The molecule has 0 spiro atoms. The second kappa shape index (κ2) is 16.0. The van der Waals surface area contributed by atoms with Gasteiger partial charge >= 0.3 is 0 Å². The van der Waals surface area contributed by atoms with Crippen LogP contribution < -0.4 is 0 Å². The third-order valence-electron chi connectivity index (χ3n) is 2.03. The molecule has 14 heavy (non-hydrogen) atoms. The van der Waals surface area contributed by atoms with E-state index in [1.165, 1.54) is 44.9 Å². The van der Waals surface area contributed by atoms with Crippen LogP contribution >= 0.6 is 23.2 Å². The summed E-state index contributed by atoms with van der Waals surface area (Å²) in [7, 11) is 1.00. The van der Waals surface area contributed by atoms with Crippen LogP contribution in [-0.4, -0.2) is 17.1 Å². The molecule has 0 rings (SSSR count). The van der Waals surface area contributed by atoms with Crippen LogP contribution in [0.2, 0.25) is 0 Å². The van der Waals surface area contributed by atoms with Crippen LogP contribution in [0.3, 0.4) is 0 Å². The topological polar surface area (TPSA) is 20.2 Å². The summed E-state index contributed by atoms with van der Waals surface area (Å²) in [4.78, 5) is -0.152. The number of aliphatic hydroxyl groups is 1. The molecule has 0 saturated carbocycles. The molecule has 0 amide bonds. The summed E-state index contributed by atoms with van der Waals surface area (Å²) in [6, 6.07) is 0.